The van der Waals surface area contributed by atoms with Crippen molar-refractivity contribution in [2.75, 3.05) is 5.32 Å². The van der Waals surface area contributed by atoms with Crippen LogP contribution < -0.4 is 5.32 Å². The number of carboxylic acid groups (broad SMARTS) is 1. The molecule has 1 aliphatic rings. The summed E-state index contributed by atoms with van der Waals surface area (Å²) >= 11 is 0. The fourth-order valence-corrected chi connectivity index (χ4v) is 4.19. The summed E-state index contributed by atoms with van der Waals surface area (Å²) in [6.45, 7) is 0. The third kappa shape index (κ3) is 4.59. The number of nitrogens with zero attached hydrogens (tertiary/aromatic N) is 1. The molecule has 1 aliphatic carbocycles. The van der Waals surface area contributed by atoms with E-state index in [4.69, 9.17) is 9.52 Å². The van der Waals surface area contributed by atoms with Crippen LogP contribution in [-0.2, 0) is 28.9 Å². The average molecular weight is 456 g/mol. The van der Waals surface area contributed by atoms with Crippen LogP contribution in [-0.4, -0.2) is 22.0 Å². The molecule has 6 nitrogen and oxygen atoms in total. The number of oxazole rings is 1. The van der Waals surface area contributed by atoms with Gasteiger partial charge in [-0.15, -0.1) is 0 Å². The SMILES string of the molecule is O=C(O)Cc1ccc2oc(-c3ccc(/C=C/C(=O)Nc4ccc5c(c4)CCC5)cc3F)nc2c1. The van der Waals surface area contributed by atoms with Gasteiger partial charge in [0.25, 0.3) is 0 Å². The molecule has 0 saturated carbocycles. The van der Waals surface area contributed by atoms with Gasteiger partial charge in [-0.2, -0.15) is 0 Å². The van der Waals surface area contributed by atoms with Crippen molar-refractivity contribution in [3.05, 3.63) is 88.7 Å². The molecule has 0 atom stereocenters. The number of carboxylic acids is 1. The van der Waals surface area contributed by atoms with E-state index in [9.17, 15) is 14.0 Å². The molecule has 1 aromatic heterocycles. The lowest BCUT2D eigenvalue weighted by Gasteiger charge is -2.05. The number of aromatic nitrogens is 1. The third-order valence-corrected chi connectivity index (χ3v) is 5.82. The Bertz CT molecular complexity index is 1450. The summed E-state index contributed by atoms with van der Waals surface area (Å²) in [6, 6.07) is 15.3. The summed E-state index contributed by atoms with van der Waals surface area (Å²) in [5, 5.41) is 11.8. The lowest BCUT2D eigenvalue weighted by Crippen LogP contribution is -2.08. The highest BCUT2D eigenvalue weighted by Crippen LogP contribution is 2.28. The van der Waals surface area contributed by atoms with Gasteiger partial charge in [-0.1, -0.05) is 18.2 Å². The summed E-state index contributed by atoms with van der Waals surface area (Å²) in [5.74, 6) is -1.68. The van der Waals surface area contributed by atoms with Crippen LogP contribution in [0.4, 0.5) is 10.1 Å². The van der Waals surface area contributed by atoms with Gasteiger partial charge >= 0.3 is 5.97 Å². The van der Waals surface area contributed by atoms with Crippen molar-refractivity contribution in [3.8, 4) is 11.5 Å². The zero-order chi connectivity index (χ0) is 23.7. The minimum atomic E-state index is -0.946. The maximum atomic E-state index is 14.8. The molecule has 2 N–H and O–H groups in total. The van der Waals surface area contributed by atoms with Crippen LogP contribution >= 0.6 is 0 Å². The maximum Gasteiger partial charge on any atom is 0.307 e. The molecule has 1 heterocycles. The fraction of sp³-hybridized carbons (Fsp3) is 0.148. The Balaban J connectivity index is 1.30. The van der Waals surface area contributed by atoms with Crippen molar-refractivity contribution in [3.63, 3.8) is 0 Å². The van der Waals surface area contributed by atoms with Crippen molar-refractivity contribution >= 4 is 34.7 Å². The normalized spacial score (nSPS) is 12.9. The Morgan fingerprint density at radius 2 is 1.91 bits per heavy atom. The van der Waals surface area contributed by atoms with Crippen molar-refractivity contribution < 1.29 is 23.5 Å². The van der Waals surface area contributed by atoms with E-state index in [2.05, 4.69) is 16.4 Å². The smallest absolute Gasteiger partial charge is 0.307 e. The van der Waals surface area contributed by atoms with Gasteiger partial charge in [0.15, 0.2) is 5.58 Å². The fourth-order valence-electron chi connectivity index (χ4n) is 4.19. The lowest BCUT2D eigenvalue weighted by molar-refractivity contribution is -0.136. The van der Waals surface area contributed by atoms with Crippen molar-refractivity contribution in [1.29, 1.82) is 0 Å². The summed E-state index contributed by atoms with van der Waals surface area (Å²) < 4.78 is 20.5. The third-order valence-electron chi connectivity index (χ3n) is 5.82. The molecular weight excluding hydrogens is 435 g/mol. The number of carbonyl (C=O) groups is 2. The molecule has 170 valence electrons. The number of fused-ring (bicyclic) bond motifs is 2. The number of hydrogen-bond acceptors (Lipinski definition) is 4. The van der Waals surface area contributed by atoms with Crippen LogP contribution in [0, 0.1) is 5.82 Å². The summed E-state index contributed by atoms with van der Waals surface area (Å²) in [5.41, 5.74) is 5.54. The number of halogens is 1. The molecule has 1 amide bonds. The van der Waals surface area contributed by atoms with E-state index in [1.54, 1.807) is 30.3 Å². The monoisotopic (exact) mass is 456 g/mol. The molecule has 0 bridgehead atoms. The molecule has 34 heavy (non-hydrogen) atoms. The Hall–Kier alpha value is -4.26. The molecular formula is C27H21FN2O4. The molecule has 0 unspecified atom stereocenters. The predicted molar refractivity (Wildman–Crippen MR) is 127 cm³/mol. The lowest BCUT2D eigenvalue weighted by atomic mass is 10.1. The Labute approximate surface area is 194 Å². The summed E-state index contributed by atoms with van der Waals surface area (Å²) in [4.78, 5) is 27.5. The standard InChI is InChI=1S/C27H21FN2O4/c28-22-12-16(6-11-25(31)29-20-8-7-18-2-1-3-19(18)15-20)4-9-21(22)27-30-23-13-17(14-26(32)33)5-10-24(23)34-27/h4-13,15H,1-3,14H2,(H,29,31)(H,32,33)/b11-6+. The number of amides is 1. The first-order chi connectivity index (χ1) is 16.4. The summed E-state index contributed by atoms with van der Waals surface area (Å²) in [6.07, 6.45) is 6.03. The first-order valence-corrected chi connectivity index (χ1v) is 11.0. The predicted octanol–water partition coefficient (Wildman–Crippen LogP) is 5.40. The number of carbonyl (C=O) groups excluding carboxylic acids is 1. The zero-order valence-corrected chi connectivity index (χ0v) is 18.2. The molecule has 4 aromatic rings. The topological polar surface area (TPSA) is 92.4 Å². The minimum absolute atomic E-state index is 0.102. The highest BCUT2D eigenvalue weighted by Gasteiger charge is 2.14. The van der Waals surface area contributed by atoms with Crippen molar-refractivity contribution in [2.45, 2.75) is 25.7 Å². The number of aryl methyl sites for hydroxylation is 2. The van der Waals surface area contributed by atoms with Crippen LogP contribution in [0.15, 0.2) is 65.1 Å². The largest absolute Gasteiger partial charge is 0.481 e. The number of rotatable bonds is 6. The van der Waals surface area contributed by atoms with E-state index in [1.165, 1.54) is 29.3 Å². The van der Waals surface area contributed by atoms with Crippen LogP contribution in [0.25, 0.3) is 28.6 Å². The first kappa shape index (κ1) is 21.6. The van der Waals surface area contributed by atoms with Crippen molar-refractivity contribution in [2.24, 2.45) is 0 Å². The van der Waals surface area contributed by atoms with E-state index in [1.807, 2.05) is 12.1 Å². The second-order valence-corrected chi connectivity index (χ2v) is 8.29. The number of anilines is 1. The van der Waals surface area contributed by atoms with Crippen LogP contribution in [0.2, 0.25) is 0 Å². The molecule has 0 saturated heterocycles. The Morgan fingerprint density at radius 3 is 2.74 bits per heavy atom. The van der Waals surface area contributed by atoms with Gasteiger partial charge in [-0.3, -0.25) is 9.59 Å². The summed E-state index contributed by atoms with van der Waals surface area (Å²) in [7, 11) is 0. The molecule has 0 aliphatic heterocycles. The van der Waals surface area contributed by atoms with E-state index < -0.39 is 11.8 Å². The maximum absolute atomic E-state index is 14.8. The van der Waals surface area contributed by atoms with E-state index in [0.29, 0.717) is 22.2 Å². The highest BCUT2D eigenvalue weighted by atomic mass is 19.1. The minimum Gasteiger partial charge on any atom is -0.481 e. The highest BCUT2D eigenvalue weighted by molar-refractivity contribution is 6.02. The number of nitrogens with one attached hydrogen (secondary N) is 1. The number of benzene rings is 3. The Kier molecular flexibility index (Phi) is 5.67. The van der Waals surface area contributed by atoms with E-state index in [-0.39, 0.29) is 23.8 Å². The van der Waals surface area contributed by atoms with Gasteiger partial charge in [0, 0.05) is 11.8 Å². The van der Waals surface area contributed by atoms with Gasteiger partial charge < -0.3 is 14.8 Å². The van der Waals surface area contributed by atoms with E-state index >= 15 is 0 Å². The molecule has 0 spiro atoms. The number of hydrogen-bond donors (Lipinski definition) is 2. The van der Waals surface area contributed by atoms with Gasteiger partial charge in [-0.05, 0) is 84.0 Å². The number of aliphatic carboxylic acids is 1. The Morgan fingerprint density at radius 1 is 1.06 bits per heavy atom. The van der Waals surface area contributed by atoms with Gasteiger partial charge in [0.2, 0.25) is 11.8 Å². The van der Waals surface area contributed by atoms with Gasteiger partial charge in [0.1, 0.15) is 11.3 Å². The van der Waals surface area contributed by atoms with E-state index in [0.717, 1.165) is 24.9 Å². The quantitative estimate of drug-likeness (QED) is 0.379. The van der Waals surface area contributed by atoms with Crippen LogP contribution in [0.1, 0.15) is 28.7 Å². The molecule has 5 rings (SSSR count). The zero-order valence-electron chi connectivity index (χ0n) is 18.2. The van der Waals surface area contributed by atoms with Crippen LogP contribution in [0.3, 0.4) is 0 Å². The second-order valence-electron chi connectivity index (χ2n) is 8.29. The van der Waals surface area contributed by atoms with Gasteiger partial charge in [0.05, 0.1) is 12.0 Å². The van der Waals surface area contributed by atoms with Crippen LogP contribution in [0.5, 0.6) is 0 Å². The second kappa shape index (κ2) is 8.94. The first-order valence-electron chi connectivity index (χ1n) is 11.0. The molecule has 3 aromatic carbocycles. The molecule has 0 fully saturated rings. The average Bonchev–Trinajstić information content (AvgIpc) is 3.43. The van der Waals surface area contributed by atoms with Crippen molar-refractivity contribution in [1.82, 2.24) is 4.98 Å². The molecule has 0 radical (unpaired) electrons. The van der Waals surface area contributed by atoms with Gasteiger partial charge in [-0.25, -0.2) is 9.37 Å². The molecule has 7 heteroatoms.